The molecule has 1 fully saturated rings. The van der Waals surface area contributed by atoms with Gasteiger partial charge >= 0.3 is 5.97 Å². The first-order chi connectivity index (χ1) is 16.4. The molecule has 2 aromatic rings. The highest BCUT2D eigenvalue weighted by molar-refractivity contribution is 5.79. The highest BCUT2D eigenvalue weighted by atomic mass is 16.7. The second kappa shape index (κ2) is 10.3. The summed E-state index contributed by atoms with van der Waals surface area (Å²) in [4.78, 5) is 27.5. The molecule has 0 aromatic heterocycles. The molecular weight excluding hydrogens is 436 g/mol. The van der Waals surface area contributed by atoms with Crippen molar-refractivity contribution in [2.24, 2.45) is 5.92 Å². The number of hydrogen-bond acceptors (Lipinski definition) is 6. The van der Waals surface area contributed by atoms with Crippen molar-refractivity contribution in [2.75, 3.05) is 27.0 Å². The minimum atomic E-state index is -0.897. The lowest BCUT2D eigenvalue weighted by molar-refractivity contribution is -0.143. The van der Waals surface area contributed by atoms with Crippen LogP contribution in [0.1, 0.15) is 49.8 Å². The third-order valence-corrected chi connectivity index (χ3v) is 6.64. The fraction of sp³-hybridized carbons (Fsp3) is 0.462. The zero-order valence-corrected chi connectivity index (χ0v) is 19.8. The maximum atomic E-state index is 12.9. The van der Waals surface area contributed by atoms with Gasteiger partial charge in [0.05, 0.1) is 19.6 Å². The first-order valence-electron chi connectivity index (χ1n) is 11.7. The number of carboxylic acids is 1. The lowest BCUT2D eigenvalue weighted by Gasteiger charge is -2.27. The summed E-state index contributed by atoms with van der Waals surface area (Å²) in [6.45, 7) is 4.78. The van der Waals surface area contributed by atoms with E-state index in [1.807, 2.05) is 54.3 Å². The van der Waals surface area contributed by atoms with E-state index in [2.05, 4.69) is 12.2 Å². The Hall–Kier alpha value is -3.26. The van der Waals surface area contributed by atoms with Crippen LogP contribution >= 0.6 is 0 Å². The number of amides is 1. The van der Waals surface area contributed by atoms with Crippen LogP contribution in [-0.2, 0) is 9.59 Å². The van der Waals surface area contributed by atoms with Gasteiger partial charge < -0.3 is 24.6 Å². The second-order valence-electron chi connectivity index (χ2n) is 8.99. The standard InChI is InChI=1S/C26H32N2O6/c1-4-5-16(2)27-23(29)14-28-13-20(18-8-11-21-22(12-18)34-15-33-21)24(26(30)31)25(28)17-6-9-19(32-3)10-7-17/h6-12,16,20,24-25H,4-5,13-15H2,1-3H3,(H,27,29)(H,30,31). The van der Waals surface area contributed by atoms with E-state index in [-0.39, 0.29) is 31.2 Å². The highest BCUT2D eigenvalue weighted by Gasteiger charge is 2.48. The average Bonchev–Trinajstić information content (AvgIpc) is 3.43. The molecule has 0 aliphatic carbocycles. The maximum Gasteiger partial charge on any atom is 0.309 e. The first kappa shape index (κ1) is 23.9. The topological polar surface area (TPSA) is 97.3 Å². The predicted octanol–water partition coefficient (Wildman–Crippen LogP) is 3.57. The fourth-order valence-electron chi connectivity index (χ4n) is 5.08. The van der Waals surface area contributed by atoms with Crippen LogP contribution in [0.5, 0.6) is 17.2 Å². The number of carbonyl (C=O) groups is 2. The Bertz CT molecular complexity index is 1020. The van der Waals surface area contributed by atoms with Gasteiger partial charge in [-0.25, -0.2) is 0 Å². The third-order valence-electron chi connectivity index (χ3n) is 6.64. The molecule has 1 amide bonds. The van der Waals surface area contributed by atoms with Crippen molar-refractivity contribution in [1.29, 1.82) is 0 Å². The van der Waals surface area contributed by atoms with Crippen molar-refractivity contribution < 1.29 is 28.9 Å². The van der Waals surface area contributed by atoms with E-state index >= 15 is 0 Å². The number of carboxylic acid groups (broad SMARTS) is 1. The van der Waals surface area contributed by atoms with Gasteiger partial charge in [0.15, 0.2) is 11.5 Å². The molecule has 0 saturated carbocycles. The van der Waals surface area contributed by atoms with Gasteiger partial charge in [-0.2, -0.15) is 0 Å². The number of likely N-dealkylation sites (tertiary alicyclic amines) is 1. The van der Waals surface area contributed by atoms with Crippen LogP contribution < -0.4 is 19.5 Å². The number of benzene rings is 2. The van der Waals surface area contributed by atoms with Gasteiger partial charge in [0.2, 0.25) is 12.7 Å². The van der Waals surface area contributed by atoms with Gasteiger partial charge in [-0.15, -0.1) is 0 Å². The fourth-order valence-corrected chi connectivity index (χ4v) is 5.08. The quantitative estimate of drug-likeness (QED) is 0.581. The molecule has 8 heteroatoms. The number of carbonyl (C=O) groups excluding carboxylic acids is 1. The Morgan fingerprint density at radius 2 is 1.85 bits per heavy atom. The molecule has 2 heterocycles. The van der Waals surface area contributed by atoms with Gasteiger partial charge in [0.25, 0.3) is 0 Å². The molecule has 4 atom stereocenters. The summed E-state index contributed by atoms with van der Waals surface area (Å²) in [5.41, 5.74) is 1.70. The Kier molecular flexibility index (Phi) is 7.26. The minimum Gasteiger partial charge on any atom is -0.497 e. The number of ether oxygens (including phenoxy) is 3. The van der Waals surface area contributed by atoms with E-state index in [1.165, 1.54) is 0 Å². The average molecular weight is 469 g/mol. The molecule has 34 heavy (non-hydrogen) atoms. The van der Waals surface area contributed by atoms with E-state index in [0.29, 0.717) is 23.8 Å². The van der Waals surface area contributed by atoms with Gasteiger partial charge in [0, 0.05) is 24.5 Å². The number of nitrogens with zero attached hydrogens (tertiary/aromatic N) is 1. The van der Waals surface area contributed by atoms with E-state index in [1.54, 1.807) is 7.11 Å². The summed E-state index contributed by atoms with van der Waals surface area (Å²) < 4.78 is 16.2. The molecule has 2 aliphatic rings. The number of nitrogens with one attached hydrogen (secondary N) is 1. The van der Waals surface area contributed by atoms with Gasteiger partial charge in [-0.05, 0) is 48.7 Å². The summed E-state index contributed by atoms with van der Waals surface area (Å²) in [5, 5.41) is 13.4. The van der Waals surface area contributed by atoms with Crippen molar-refractivity contribution in [1.82, 2.24) is 10.2 Å². The van der Waals surface area contributed by atoms with Crippen LogP contribution in [0.4, 0.5) is 0 Å². The Labute approximate surface area is 199 Å². The van der Waals surface area contributed by atoms with E-state index < -0.39 is 17.9 Å². The van der Waals surface area contributed by atoms with E-state index in [0.717, 1.165) is 24.0 Å². The van der Waals surface area contributed by atoms with E-state index in [4.69, 9.17) is 14.2 Å². The molecule has 2 N–H and O–H groups in total. The van der Waals surface area contributed by atoms with Crippen LogP contribution in [0.25, 0.3) is 0 Å². The van der Waals surface area contributed by atoms with Crippen molar-refractivity contribution in [3.05, 3.63) is 53.6 Å². The van der Waals surface area contributed by atoms with Gasteiger partial charge in [-0.1, -0.05) is 31.5 Å². The summed E-state index contributed by atoms with van der Waals surface area (Å²) in [6, 6.07) is 12.6. The number of methoxy groups -OCH3 is 1. The van der Waals surface area contributed by atoms with Crippen LogP contribution in [0.2, 0.25) is 0 Å². The molecule has 0 spiro atoms. The lowest BCUT2D eigenvalue weighted by atomic mass is 9.82. The molecule has 1 saturated heterocycles. The van der Waals surface area contributed by atoms with Crippen LogP contribution in [0.3, 0.4) is 0 Å². The Balaban J connectivity index is 1.67. The lowest BCUT2D eigenvalue weighted by Crippen LogP contribution is -2.41. The number of aliphatic carboxylic acids is 1. The van der Waals surface area contributed by atoms with Crippen molar-refractivity contribution in [3.63, 3.8) is 0 Å². The molecular formula is C26H32N2O6. The highest BCUT2D eigenvalue weighted by Crippen LogP contribution is 2.47. The van der Waals surface area contributed by atoms with Crippen LogP contribution in [-0.4, -0.2) is 54.9 Å². The van der Waals surface area contributed by atoms with Gasteiger partial charge in [-0.3, -0.25) is 14.5 Å². The molecule has 182 valence electrons. The summed E-state index contributed by atoms with van der Waals surface area (Å²) >= 11 is 0. The largest absolute Gasteiger partial charge is 0.497 e. The summed E-state index contributed by atoms with van der Waals surface area (Å²) in [5.74, 6) is -0.0948. The smallest absolute Gasteiger partial charge is 0.309 e. The summed E-state index contributed by atoms with van der Waals surface area (Å²) in [7, 11) is 1.59. The monoisotopic (exact) mass is 468 g/mol. The summed E-state index contributed by atoms with van der Waals surface area (Å²) in [6.07, 6.45) is 1.87. The number of hydrogen-bond donors (Lipinski definition) is 2. The van der Waals surface area contributed by atoms with Gasteiger partial charge in [0.1, 0.15) is 5.75 Å². The predicted molar refractivity (Wildman–Crippen MR) is 126 cm³/mol. The van der Waals surface area contributed by atoms with Crippen molar-refractivity contribution in [3.8, 4) is 17.2 Å². The molecule has 8 nitrogen and oxygen atoms in total. The number of rotatable bonds is 9. The normalized spacial score (nSPS) is 22.4. The molecule has 4 rings (SSSR count). The number of fused-ring (bicyclic) bond motifs is 1. The SMILES string of the molecule is CCCC(C)NC(=O)CN1CC(c2ccc3c(c2)OCO3)C(C(=O)O)C1c1ccc(OC)cc1. The second-order valence-corrected chi connectivity index (χ2v) is 8.99. The van der Waals surface area contributed by atoms with Crippen molar-refractivity contribution in [2.45, 2.75) is 44.7 Å². The molecule has 4 unspecified atom stereocenters. The Morgan fingerprint density at radius 3 is 2.53 bits per heavy atom. The van der Waals surface area contributed by atoms with Crippen LogP contribution in [0.15, 0.2) is 42.5 Å². The zero-order chi connectivity index (χ0) is 24.2. The Morgan fingerprint density at radius 1 is 1.15 bits per heavy atom. The molecule has 2 aliphatic heterocycles. The van der Waals surface area contributed by atoms with Crippen LogP contribution in [0, 0.1) is 5.92 Å². The third kappa shape index (κ3) is 4.97. The molecule has 2 aromatic carbocycles. The first-order valence-corrected chi connectivity index (χ1v) is 11.7. The van der Waals surface area contributed by atoms with Crippen molar-refractivity contribution >= 4 is 11.9 Å². The minimum absolute atomic E-state index is 0.0690. The van der Waals surface area contributed by atoms with E-state index in [9.17, 15) is 14.7 Å². The maximum absolute atomic E-state index is 12.9. The molecule has 0 bridgehead atoms. The zero-order valence-electron chi connectivity index (χ0n) is 19.8. The molecule has 0 radical (unpaired) electrons.